The molecule has 1 heterocycles. The van der Waals surface area contributed by atoms with Crippen LogP contribution in [0.1, 0.15) is 13.3 Å². The van der Waals surface area contributed by atoms with Gasteiger partial charge in [0, 0.05) is 11.6 Å². The molecule has 8 nitrogen and oxygen atoms in total. The molecule has 1 aromatic heterocycles. The highest BCUT2D eigenvalue weighted by molar-refractivity contribution is 5.62. The minimum Gasteiger partial charge on any atom is -0.487 e. The maximum Gasteiger partial charge on any atom is 0.313 e. The molecule has 0 fully saturated rings. The van der Waals surface area contributed by atoms with E-state index in [0.717, 1.165) is 6.42 Å². The van der Waals surface area contributed by atoms with Gasteiger partial charge in [-0.25, -0.2) is 0 Å². The average Bonchev–Trinajstić information content (AvgIpc) is 2.82. The highest BCUT2D eigenvalue weighted by Gasteiger charge is 2.18. The fourth-order valence-electron chi connectivity index (χ4n) is 1.48. The summed E-state index contributed by atoms with van der Waals surface area (Å²) in [5, 5.41) is 18.2. The maximum absolute atomic E-state index is 11.0. The standard InChI is InChI=1S/C11H12N4O4/c1-2-5-18-9-4-3-7(6-8(9)15(16)17)10-13-14-11(12)19-10/h3-4,6H,2,5H2,1H3,(H2,12,14). The number of hydrogen-bond donors (Lipinski definition) is 1. The van der Waals surface area contributed by atoms with Crippen molar-refractivity contribution in [1.29, 1.82) is 0 Å². The Morgan fingerprint density at radius 3 is 2.84 bits per heavy atom. The third-order valence-electron chi connectivity index (χ3n) is 2.30. The Kier molecular flexibility index (Phi) is 3.60. The van der Waals surface area contributed by atoms with Gasteiger partial charge in [0.15, 0.2) is 5.75 Å². The smallest absolute Gasteiger partial charge is 0.313 e. The highest BCUT2D eigenvalue weighted by atomic mass is 16.6. The third-order valence-corrected chi connectivity index (χ3v) is 2.30. The van der Waals surface area contributed by atoms with Gasteiger partial charge in [0.1, 0.15) is 0 Å². The summed E-state index contributed by atoms with van der Waals surface area (Å²) in [5.74, 6) is 0.339. The molecule has 0 amide bonds. The van der Waals surface area contributed by atoms with Gasteiger partial charge >= 0.3 is 11.7 Å². The SMILES string of the molecule is CCCOc1ccc(-c2nnc(N)o2)cc1[N+](=O)[O-]. The lowest BCUT2D eigenvalue weighted by atomic mass is 10.2. The second-order valence-corrected chi connectivity index (χ2v) is 3.73. The summed E-state index contributed by atoms with van der Waals surface area (Å²) in [4.78, 5) is 10.5. The quantitative estimate of drug-likeness (QED) is 0.648. The van der Waals surface area contributed by atoms with E-state index in [1.165, 1.54) is 12.1 Å². The highest BCUT2D eigenvalue weighted by Crippen LogP contribution is 2.32. The van der Waals surface area contributed by atoms with Crippen LogP contribution in [0.2, 0.25) is 0 Å². The minimum atomic E-state index is -0.520. The molecule has 0 saturated heterocycles. The van der Waals surface area contributed by atoms with Crippen LogP contribution in [0.3, 0.4) is 0 Å². The van der Waals surface area contributed by atoms with Gasteiger partial charge < -0.3 is 14.9 Å². The molecular formula is C11H12N4O4. The van der Waals surface area contributed by atoms with Crippen LogP contribution in [-0.2, 0) is 0 Å². The molecule has 0 aliphatic rings. The van der Waals surface area contributed by atoms with E-state index in [0.29, 0.717) is 12.2 Å². The molecule has 0 aliphatic heterocycles. The first-order valence-electron chi connectivity index (χ1n) is 5.62. The van der Waals surface area contributed by atoms with Crippen molar-refractivity contribution in [3.63, 3.8) is 0 Å². The molecule has 0 radical (unpaired) electrons. The molecule has 0 spiro atoms. The van der Waals surface area contributed by atoms with E-state index < -0.39 is 4.92 Å². The van der Waals surface area contributed by atoms with Crippen LogP contribution in [-0.4, -0.2) is 21.7 Å². The summed E-state index contributed by atoms with van der Waals surface area (Å²) >= 11 is 0. The van der Waals surface area contributed by atoms with Crippen molar-refractivity contribution in [1.82, 2.24) is 10.2 Å². The van der Waals surface area contributed by atoms with Crippen LogP contribution in [0, 0.1) is 10.1 Å². The van der Waals surface area contributed by atoms with Gasteiger partial charge in [-0.1, -0.05) is 12.0 Å². The number of benzene rings is 1. The fourth-order valence-corrected chi connectivity index (χ4v) is 1.48. The van der Waals surface area contributed by atoms with E-state index in [2.05, 4.69) is 10.2 Å². The van der Waals surface area contributed by atoms with Crippen molar-refractivity contribution in [2.75, 3.05) is 12.3 Å². The van der Waals surface area contributed by atoms with Crippen LogP contribution in [0.15, 0.2) is 22.6 Å². The van der Waals surface area contributed by atoms with Gasteiger partial charge in [0.25, 0.3) is 0 Å². The number of nitrogen functional groups attached to an aromatic ring is 1. The molecular weight excluding hydrogens is 252 g/mol. The van der Waals surface area contributed by atoms with Crippen molar-refractivity contribution >= 4 is 11.7 Å². The number of nitrogens with zero attached hydrogens (tertiary/aromatic N) is 3. The molecule has 100 valence electrons. The summed E-state index contributed by atoms with van der Waals surface area (Å²) in [7, 11) is 0. The van der Waals surface area contributed by atoms with Gasteiger partial charge in [-0.3, -0.25) is 10.1 Å². The van der Waals surface area contributed by atoms with Crippen molar-refractivity contribution in [3.05, 3.63) is 28.3 Å². The van der Waals surface area contributed by atoms with Crippen molar-refractivity contribution in [2.45, 2.75) is 13.3 Å². The van der Waals surface area contributed by atoms with Crippen LogP contribution >= 0.6 is 0 Å². The van der Waals surface area contributed by atoms with Gasteiger partial charge in [0.05, 0.1) is 11.5 Å². The maximum atomic E-state index is 11.0. The summed E-state index contributed by atoms with van der Waals surface area (Å²) in [6.07, 6.45) is 0.763. The average molecular weight is 264 g/mol. The van der Waals surface area contributed by atoms with Crippen LogP contribution in [0.4, 0.5) is 11.7 Å². The zero-order valence-electron chi connectivity index (χ0n) is 10.2. The number of nitro groups is 1. The Morgan fingerprint density at radius 1 is 1.47 bits per heavy atom. The monoisotopic (exact) mass is 264 g/mol. The molecule has 0 aliphatic carbocycles. The molecule has 0 unspecified atom stereocenters. The van der Waals surface area contributed by atoms with E-state index in [-0.39, 0.29) is 23.3 Å². The Bertz CT molecular complexity index is 596. The number of ether oxygens (including phenoxy) is 1. The van der Waals surface area contributed by atoms with Crippen LogP contribution in [0.5, 0.6) is 5.75 Å². The second-order valence-electron chi connectivity index (χ2n) is 3.73. The summed E-state index contributed by atoms with van der Waals surface area (Å²) in [5.41, 5.74) is 5.58. The predicted octanol–water partition coefficient (Wildman–Crippen LogP) is 2.02. The van der Waals surface area contributed by atoms with E-state index in [9.17, 15) is 10.1 Å². The Morgan fingerprint density at radius 2 is 2.26 bits per heavy atom. The van der Waals surface area contributed by atoms with Gasteiger partial charge in [-0.05, 0) is 18.6 Å². The van der Waals surface area contributed by atoms with E-state index in [1.54, 1.807) is 6.07 Å². The second kappa shape index (κ2) is 5.34. The van der Waals surface area contributed by atoms with E-state index in [1.807, 2.05) is 6.92 Å². The number of anilines is 1. The zero-order valence-corrected chi connectivity index (χ0v) is 10.2. The molecule has 2 N–H and O–H groups in total. The van der Waals surface area contributed by atoms with Gasteiger partial charge in [-0.2, -0.15) is 0 Å². The van der Waals surface area contributed by atoms with Crippen molar-refractivity contribution in [3.8, 4) is 17.2 Å². The molecule has 0 atom stereocenters. The lowest BCUT2D eigenvalue weighted by Gasteiger charge is -2.05. The number of rotatable bonds is 5. The van der Waals surface area contributed by atoms with Gasteiger partial charge in [-0.15, -0.1) is 5.10 Å². The molecule has 1 aromatic carbocycles. The van der Waals surface area contributed by atoms with E-state index >= 15 is 0 Å². The Labute approximate surface area is 108 Å². The lowest BCUT2D eigenvalue weighted by Crippen LogP contribution is -1.99. The molecule has 8 heteroatoms. The van der Waals surface area contributed by atoms with Crippen LogP contribution < -0.4 is 10.5 Å². The first kappa shape index (κ1) is 12.8. The predicted molar refractivity (Wildman–Crippen MR) is 66.6 cm³/mol. The number of aromatic nitrogens is 2. The number of nitro benzene ring substituents is 1. The first-order valence-corrected chi connectivity index (χ1v) is 5.62. The largest absolute Gasteiger partial charge is 0.487 e. The number of nitrogens with two attached hydrogens (primary N) is 1. The molecule has 0 bridgehead atoms. The lowest BCUT2D eigenvalue weighted by molar-refractivity contribution is -0.385. The van der Waals surface area contributed by atoms with Crippen molar-refractivity contribution in [2.24, 2.45) is 0 Å². The zero-order chi connectivity index (χ0) is 13.8. The Balaban J connectivity index is 2.38. The molecule has 19 heavy (non-hydrogen) atoms. The summed E-state index contributed by atoms with van der Waals surface area (Å²) < 4.78 is 10.3. The molecule has 0 saturated carbocycles. The van der Waals surface area contributed by atoms with Crippen molar-refractivity contribution < 1.29 is 14.1 Å². The Hall–Kier alpha value is -2.64. The summed E-state index contributed by atoms with van der Waals surface area (Å²) in [6, 6.07) is 4.33. The minimum absolute atomic E-state index is 0.0936. The van der Waals surface area contributed by atoms with Gasteiger partial charge in [0.2, 0.25) is 5.89 Å². The van der Waals surface area contributed by atoms with Crippen LogP contribution in [0.25, 0.3) is 11.5 Å². The normalized spacial score (nSPS) is 10.4. The molecule has 2 rings (SSSR count). The molecule has 2 aromatic rings. The number of hydrogen-bond acceptors (Lipinski definition) is 7. The van der Waals surface area contributed by atoms with E-state index in [4.69, 9.17) is 14.9 Å². The first-order chi connectivity index (χ1) is 9.11. The topological polar surface area (TPSA) is 117 Å². The summed E-state index contributed by atoms with van der Waals surface area (Å²) in [6.45, 7) is 2.33. The third kappa shape index (κ3) is 2.79. The fraction of sp³-hybridized carbons (Fsp3) is 0.273.